The topological polar surface area (TPSA) is 121 Å². The standard InChI is InChI=1S/C21H18O6/c22-19(23)17-11-5-3-9-15(17)13-7-1-2-8-14(13)16-10-4-6-12-18(16)20(24,25)21(19,26)27/h1-12,22-27H. The van der Waals surface area contributed by atoms with Crippen molar-refractivity contribution in [3.05, 3.63) is 83.9 Å². The average molecular weight is 366 g/mol. The van der Waals surface area contributed by atoms with Crippen LogP contribution < -0.4 is 0 Å². The summed E-state index contributed by atoms with van der Waals surface area (Å²) in [6, 6.07) is 19.0. The van der Waals surface area contributed by atoms with E-state index in [1.165, 1.54) is 24.3 Å². The van der Waals surface area contributed by atoms with E-state index in [1.54, 1.807) is 48.5 Å². The summed E-state index contributed by atoms with van der Waals surface area (Å²) in [5.74, 6) is -10.5. The van der Waals surface area contributed by atoms with Gasteiger partial charge in [0.25, 0.3) is 17.4 Å². The van der Waals surface area contributed by atoms with Crippen LogP contribution in [-0.4, -0.2) is 36.4 Å². The first-order valence-corrected chi connectivity index (χ1v) is 8.32. The van der Waals surface area contributed by atoms with E-state index >= 15 is 0 Å². The quantitative estimate of drug-likeness (QED) is 0.330. The summed E-state index contributed by atoms with van der Waals surface area (Å²) in [7, 11) is 0. The Labute approximate surface area is 154 Å². The number of benzene rings is 3. The third kappa shape index (κ3) is 2.30. The molecule has 0 amide bonds. The minimum Gasteiger partial charge on any atom is -0.358 e. The predicted molar refractivity (Wildman–Crippen MR) is 96.7 cm³/mol. The first-order chi connectivity index (χ1) is 12.7. The third-order valence-corrected chi connectivity index (χ3v) is 5.08. The Balaban J connectivity index is 2.23. The van der Waals surface area contributed by atoms with Crippen LogP contribution in [0.2, 0.25) is 0 Å². The minimum absolute atomic E-state index is 0.275. The summed E-state index contributed by atoms with van der Waals surface area (Å²) in [5.41, 5.74) is 1.23. The molecular formula is C21H18O6. The molecule has 0 saturated carbocycles. The maximum absolute atomic E-state index is 10.7. The Kier molecular flexibility index (Phi) is 3.77. The molecule has 0 heterocycles. The van der Waals surface area contributed by atoms with E-state index < -0.39 is 17.4 Å². The first-order valence-electron chi connectivity index (χ1n) is 8.32. The van der Waals surface area contributed by atoms with Crippen LogP contribution in [0, 0.1) is 0 Å². The smallest absolute Gasteiger partial charge is 0.283 e. The highest BCUT2D eigenvalue weighted by Crippen LogP contribution is 2.49. The van der Waals surface area contributed by atoms with Gasteiger partial charge >= 0.3 is 0 Å². The fourth-order valence-electron chi connectivity index (χ4n) is 3.62. The SMILES string of the molecule is OC1(O)c2ccccc2-c2ccccc2-c2ccccc2C(O)(O)C1(O)O. The van der Waals surface area contributed by atoms with Crippen molar-refractivity contribution in [2.24, 2.45) is 0 Å². The Morgan fingerprint density at radius 2 is 0.704 bits per heavy atom. The van der Waals surface area contributed by atoms with Crippen molar-refractivity contribution in [1.29, 1.82) is 0 Å². The molecule has 0 radical (unpaired) electrons. The molecular weight excluding hydrogens is 348 g/mol. The summed E-state index contributed by atoms with van der Waals surface area (Å²) in [6.45, 7) is 0. The van der Waals surface area contributed by atoms with E-state index in [1.807, 2.05) is 0 Å². The van der Waals surface area contributed by atoms with Gasteiger partial charge in [-0.25, -0.2) is 0 Å². The molecule has 1 aliphatic rings. The van der Waals surface area contributed by atoms with E-state index in [-0.39, 0.29) is 11.1 Å². The van der Waals surface area contributed by atoms with E-state index in [4.69, 9.17) is 0 Å². The molecule has 6 heteroatoms. The molecule has 0 spiro atoms. The van der Waals surface area contributed by atoms with Gasteiger partial charge in [0.1, 0.15) is 0 Å². The van der Waals surface area contributed by atoms with Crippen molar-refractivity contribution >= 4 is 0 Å². The van der Waals surface area contributed by atoms with Crippen LogP contribution in [0.5, 0.6) is 0 Å². The average Bonchev–Trinajstić information content (AvgIpc) is 2.68. The van der Waals surface area contributed by atoms with Crippen molar-refractivity contribution in [3.8, 4) is 22.3 Å². The third-order valence-electron chi connectivity index (χ3n) is 5.08. The number of hydrogen-bond donors (Lipinski definition) is 6. The monoisotopic (exact) mass is 366 g/mol. The van der Waals surface area contributed by atoms with Crippen LogP contribution in [0.4, 0.5) is 0 Å². The van der Waals surface area contributed by atoms with Crippen LogP contribution >= 0.6 is 0 Å². The number of hydrogen-bond acceptors (Lipinski definition) is 6. The lowest BCUT2D eigenvalue weighted by molar-refractivity contribution is -0.465. The maximum Gasteiger partial charge on any atom is 0.283 e. The molecule has 3 aromatic rings. The van der Waals surface area contributed by atoms with Gasteiger partial charge in [-0.2, -0.15) is 0 Å². The van der Waals surface area contributed by atoms with Crippen LogP contribution in [0.25, 0.3) is 22.3 Å². The second-order valence-corrected chi connectivity index (χ2v) is 6.65. The molecule has 1 aliphatic carbocycles. The Hall–Kier alpha value is -2.58. The van der Waals surface area contributed by atoms with Crippen LogP contribution in [0.3, 0.4) is 0 Å². The highest BCUT2D eigenvalue weighted by Gasteiger charge is 2.64. The molecule has 138 valence electrons. The summed E-state index contributed by atoms with van der Waals surface area (Å²) in [5, 5.41) is 64.0. The van der Waals surface area contributed by atoms with Gasteiger partial charge in [0.15, 0.2) is 0 Å². The molecule has 0 saturated heterocycles. The van der Waals surface area contributed by atoms with E-state index in [0.717, 1.165) is 0 Å². The van der Waals surface area contributed by atoms with Crippen molar-refractivity contribution in [2.75, 3.05) is 0 Å². The summed E-state index contributed by atoms with van der Waals surface area (Å²) >= 11 is 0. The highest BCUT2D eigenvalue weighted by atomic mass is 16.7. The van der Waals surface area contributed by atoms with Crippen molar-refractivity contribution < 1.29 is 30.6 Å². The summed E-state index contributed by atoms with van der Waals surface area (Å²) < 4.78 is 0. The van der Waals surface area contributed by atoms with Gasteiger partial charge in [-0.15, -0.1) is 0 Å². The zero-order valence-electron chi connectivity index (χ0n) is 14.1. The van der Waals surface area contributed by atoms with Gasteiger partial charge in [-0.05, 0) is 22.3 Å². The van der Waals surface area contributed by atoms with Crippen molar-refractivity contribution in [2.45, 2.75) is 17.4 Å². The summed E-state index contributed by atoms with van der Waals surface area (Å²) in [4.78, 5) is 0. The molecule has 0 aromatic heterocycles. The Morgan fingerprint density at radius 3 is 1.07 bits per heavy atom. The lowest BCUT2D eigenvalue weighted by Crippen LogP contribution is -2.65. The second-order valence-electron chi connectivity index (χ2n) is 6.65. The molecule has 0 fully saturated rings. The predicted octanol–water partition coefficient (Wildman–Crippen LogP) is 0.990. The van der Waals surface area contributed by atoms with E-state index in [9.17, 15) is 30.6 Å². The zero-order chi connectivity index (χ0) is 19.4. The van der Waals surface area contributed by atoms with Gasteiger partial charge < -0.3 is 30.6 Å². The number of fused-ring (bicyclic) bond motifs is 5. The Bertz CT molecular complexity index is 942. The molecule has 0 atom stereocenters. The van der Waals surface area contributed by atoms with Crippen LogP contribution in [-0.2, 0) is 11.6 Å². The molecule has 0 unspecified atom stereocenters. The van der Waals surface area contributed by atoms with Crippen LogP contribution in [0.1, 0.15) is 11.1 Å². The fourth-order valence-corrected chi connectivity index (χ4v) is 3.62. The van der Waals surface area contributed by atoms with Gasteiger partial charge in [0.05, 0.1) is 0 Å². The Morgan fingerprint density at radius 1 is 0.407 bits per heavy atom. The fraction of sp³-hybridized carbons (Fsp3) is 0.143. The minimum atomic E-state index is -3.74. The van der Waals surface area contributed by atoms with Crippen molar-refractivity contribution in [3.63, 3.8) is 0 Å². The van der Waals surface area contributed by atoms with E-state index in [0.29, 0.717) is 22.3 Å². The van der Waals surface area contributed by atoms with Gasteiger partial charge in [-0.1, -0.05) is 72.8 Å². The second kappa shape index (κ2) is 5.71. The number of rotatable bonds is 0. The summed E-state index contributed by atoms with van der Waals surface area (Å²) in [6.07, 6.45) is 0. The molecule has 27 heavy (non-hydrogen) atoms. The number of aliphatic hydroxyl groups is 6. The van der Waals surface area contributed by atoms with Gasteiger partial charge in [-0.3, -0.25) is 0 Å². The normalized spacial score (nSPS) is 18.9. The molecule has 6 nitrogen and oxygen atoms in total. The van der Waals surface area contributed by atoms with Crippen LogP contribution in [0.15, 0.2) is 72.8 Å². The van der Waals surface area contributed by atoms with E-state index in [2.05, 4.69) is 0 Å². The lowest BCUT2D eigenvalue weighted by atomic mass is 9.84. The van der Waals surface area contributed by atoms with Gasteiger partial charge in [0.2, 0.25) is 0 Å². The highest BCUT2D eigenvalue weighted by molar-refractivity contribution is 5.87. The largest absolute Gasteiger partial charge is 0.358 e. The van der Waals surface area contributed by atoms with Gasteiger partial charge in [0, 0.05) is 11.1 Å². The molecule has 4 rings (SSSR count). The molecule has 0 aliphatic heterocycles. The van der Waals surface area contributed by atoms with Crippen molar-refractivity contribution in [1.82, 2.24) is 0 Å². The molecule has 6 N–H and O–H groups in total. The zero-order valence-corrected chi connectivity index (χ0v) is 14.1. The first kappa shape index (κ1) is 17.8. The maximum atomic E-state index is 10.7. The molecule has 3 aromatic carbocycles. The molecule has 0 bridgehead atoms. The lowest BCUT2D eigenvalue weighted by Gasteiger charge is -2.43.